The molecule has 1 saturated carbocycles. The molecule has 0 aromatic rings. The highest BCUT2D eigenvalue weighted by atomic mass is 17.0. The highest BCUT2D eigenvalue weighted by Crippen LogP contribution is 2.33. The standard InChI is InChI=1S/C10H17NO4/c1-10(2,3)9(12)7-4-5-8(6-7)15-11(13)14/h7-8H,4-6H2,1-3H3. The minimum atomic E-state index is -0.769. The smallest absolute Gasteiger partial charge is 0.294 e. The minimum Gasteiger partial charge on any atom is -0.311 e. The highest BCUT2D eigenvalue weighted by Gasteiger charge is 2.36. The van der Waals surface area contributed by atoms with Crippen molar-refractivity contribution in [3.63, 3.8) is 0 Å². The van der Waals surface area contributed by atoms with Gasteiger partial charge in [-0.1, -0.05) is 20.8 Å². The zero-order valence-electron chi connectivity index (χ0n) is 9.36. The van der Waals surface area contributed by atoms with Gasteiger partial charge in [-0.05, 0) is 19.3 Å². The molecular formula is C10H17NO4. The van der Waals surface area contributed by atoms with Crippen LogP contribution in [0, 0.1) is 21.4 Å². The fourth-order valence-electron chi connectivity index (χ4n) is 2.01. The molecule has 0 saturated heterocycles. The molecule has 2 atom stereocenters. The molecule has 0 radical (unpaired) electrons. The average Bonchev–Trinajstić information content (AvgIpc) is 2.48. The van der Waals surface area contributed by atoms with Crippen LogP contribution < -0.4 is 0 Å². The SMILES string of the molecule is CC(C)(C)C(=O)C1CCC(O[N+](=O)[O-])C1. The predicted octanol–water partition coefficient (Wildman–Crippen LogP) is 1.98. The van der Waals surface area contributed by atoms with Crippen molar-refractivity contribution in [2.45, 2.75) is 46.1 Å². The molecule has 0 spiro atoms. The van der Waals surface area contributed by atoms with E-state index in [4.69, 9.17) is 0 Å². The normalized spacial score (nSPS) is 26.3. The molecule has 0 aromatic carbocycles. The van der Waals surface area contributed by atoms with E-state index in [0.29, 0.717) is 19.3 Å². The second kappa shape index (κ2) is 4.16. The van der Waals surface area contributed by atoms with Crippen LogP contribution in [-0.4, -0.2) is 17.0 Å². The maximum Gasteiger partial charge on any atom is 0.294 e. The molecule has 2 unspecified atom stereocenters. The van der Waals surface area contributed by atoms with Crippen LogP contribution >= 0.6 is 0 Å². The molecule has 0 aliphatic heterocycles. The molecular weight excluding hydrogens is 198 g/mol. The van der Waals surface area contributed by atoms with Gasteiger partial charge < -0.3 is 4.84 Å². The molecule has 1 aliphatic carbocycles. The van der Waals surface area contributed by atoms with Gasteiger partial charge in [0.1, 0.15) is 11.9 Å². The van der Waals surface area contributed by atoms with Crippen molar-refractivity contribution in [1.82, 2.24) is 0 Å². The van der Waals surface area contributed by atoms with Gasteiger partial charge in [-0.25, -0.2) is 0 Å². The number of Topliss-reactive ketones (excluding diaryl/α,β-unsaturated/α-hetero) is 1. The minimum absolute atomic E-state index is 0.0741. The number of ketones is 1. The van der Waals surface area contributed by atoms with Gasteiger partial charge in [0.05, 0.1) is 0 Å². The molecule has 0 N–H and O–H groups in total. The largest absolute Gasteiger partial charge is 0.311 e. The Labute approximate surface area is 88.9 Å². The van der Waals surface area contributed by atoms with Crippen LogP contribution in [0.4, 0.5) is 0 Å². The summed E-state index contributed by atoms with van der Waals surface area (Å²) in [7, 11) is 0. The molecule has 86 valence electrons. The van der Waals surface area contributed by atoms with Gasteiger partial charge in [0.25, 0.3) is 5.09 Å². The third-order valence-electron chi connectivity index (χ3n) is 2.73. The van der Waals surface area contributed by atoms with Crippen molar-refractivity contribution >= 4 is 5.78 Å². The Kier molecular flexibility index (Phi) is 3.31. The van der Waals surface area contributed by atoms with E-state index in [-0.39, 0.29) is 17.1 Å². The van der Waals surface area contributed by atoms with Gasteiger partial charge in [-0.3, -0.25) is 4.79 Å². The Bertz CT molecular complexity index is 269. The van der Waals surface area contributed by atoms with E-state index in [1.807, 2.05) is 20.8 Å². The molecule has 5 heteroatoms. The first kappa shape index (κ1) is 11.9. The van der Waals surface area contributed by atoms with Crippen LogP contribution in [0.1, 0.15) is 40.0 Å². The topological polar surface area (TPSA) is 69.4 Å². The fourth-order valence-corrected chi connectivity index (χ4v) is 2.01. The van der Waals surface area contributed by atoms with Crippen LogP contribution in [0.2, 0.25) is 0 Å². The number of carbonyl (C=O) groups is 1. The lowest BCUT2D eigenvalue weighted by atomic mass is 9.82. The Hall–Kier alpha value is -1.13. The molecule has 0 heterocycles. The van der Waals surface area contributed by atoms with Gasteiger partial charge in [0, 0.05) is 11.3 Å². The second-order valence-corrected chi connectivity index (χ2v) is 5.08. The monoisotopic (exact) mass is 215 g/mol. The third kappa shape index (κ3) is 3.18. The highest BCUT2D eigenvalue weighted by molar-refractivity contribution is 5.86. The zero-order chi connectivity index (χ0) is 11.6. The van der Waals surface area contributed by atoms with E-state index < -0.39 is 11.2 Å². The molecule has 1 rings (SSSR count). The number of carbonyl (C=O) groups excluding carboxylic acids is 1. The van der Waals surface area contributed by atoms with Gasteiger partial charge in [-0.15, -0.1) is 10.1 Å². The summed E-state index contributed by atoms with van der Waals surface area (Å²) in [5, 5.41) is 9.36. The van der Waals surface area contributed by atoms with E-state index in [1.165, 1.54) is 0 Å². The number of nitrogens with zero attached hydrogens (tertiary/aromatic N) is 1. The Morgan fingerprint density at radius 2 is 2.00 bits per heavy atom. The first-order chi connectivity index (χ1) is 6.80. The molecule has 1 aliphatic rings. The number of hydrogen-bond acceptors (Lipinski definition) is 4. The summed E-state index contributed by atoms with van der Waals surface area (Å²) in [5.41, 5.74) is -0.367. The lowest BCUT2D eigenvalue weighted by molar-refractivity contribution is -0.768. The van der Waals surface area contributed by atoms with Crippen molar-refractivity contribution in [3.05, 3.63) is 10.1 Å². The van der Waals surface area contributed by atoms with Crippen LogP contribution in [0.15, 0.2) is 0 Å². The Morgan fingerprint density at radius 1 is 1.40 bits per heavy atom. The van der Waals surface area contributed by atoms with Crippen LogP contribution in [0.25, 0.3) is 0 Å². The summed E-state index contributed by atoms with van der Waals surface area (Å²) < 4.78 is 0. The van der Waals surface area contributed by atoms with Crippen LogP contribution in [0.3, 0.4) is 0 Å². The zero-order valence-corrected chi connectivity index (χ0v) is 9.36. The average molecular weight is 215 g/mol. The molecule has 0 amide bonds. The number of rotatable bonds is 3. The van der Waals surface area contributed by atoms with Gasteiger partial charge in [0.15, 0.2) is 0 Å². The van der Waals surface area contributed by atoms with Crippen molar-refractivity contribution < 1.29 is 14.7 Å². The summed E-state index contributed by atoms with van der Waals surface area (Å²) in [6.07, 6.45) is 1.40. The summed E-state index contributed by atoms with van der Waals surface area (Å²) in [4.78, 5) is 26.5. The first-order valence-corrected chi connectivity index (χ1v) is 5.16. The molecule has 0 bridgehead atoms. The van der Waals surface area contributed by atoms with Crippen molar-refractivity contribution in [2.75, 3.05) is 0 Å². The Morgan fingerprint density at radius 3 is 2.47 bits per heavy atom. The van der Waals surface area contributed by atoms with Crippen molar-refractivity contribution in [2.24, 2.45) is 11.3 Å². The van der Waals surface area contributed by atoms with Crippen molar-refractivity contribution in [1.29, 1.82) is 0 Å². The Balaban J connectivity index is 2.50. The second-order valence-electron chi connectivity index (χ2n) is 5.08. The van der Waals surface area contributed by atoms with Crippen LogP contribution in [-0.2, 0) is 9.63 Å². The van der Waals surface area contributed by atoms with Gasteiger partial charge >= 0.3 is 0 Å². The van der Waals surface area contributed by atoms with E-state index in [9.17, 15) is 14.9 Å². The summed E-state index contributed by atoms with van der Waals surface area (Å²) in [6, 6.07) is 0. The lowest BCUT2D eigenvalue weighted by Crippen LogP contribution is -2.27. The molecule has 1 fully saturated rings. The van der Waals surface area contributed by atoms with E-state index >= 15 is 0 Å². The summed E-state index contributed by atoms with van der Waals surface area (Å²) in [6.45, 7) is 5.62. The van der Waals surface area contributed by atoms with E-state index in [2.05, 4.69) is 4.84 Å². The van der Waals surface area contributed by atoms with Crippen LogP contribution in [0.5, 0.6) is 0 Å². The quantitative estimate of drug-likeness (QED) is 0.533. The third-order valence-corrected chi connectivity index (χ3v) is 2.73. The summed E-state index contributed by atoms with van der Waals surface area (Å²) >= 11 is 0. The van der Waals surface area contributed by atoms with Crippen molar-refractivity contribution in [3.8, 4) is 0 Å². The maximum absolute atomic E-state index is 11.9. The molecule has 5 nitrogen and oxygen atoms in total. The number of hydrogen-bond donors (Lipinski definition) is 0. The maximum atomic E-state index is 11.9. The fraction of sp³-hybridized carbons (Fsp3) is 0.900. The lowest BCUT2D eigenvalue weighted by Gasteiger charge is -2.21. The van der Waals surface area contributed by atoms with E-state index in [0.717, 1.165) is 0 Å². The first-order valence-electron chi connectivity index (χ1n) is 5.16. The van der Waals surface area contributed by atoms with Gasteiger partial charge in [-0.2, -0.15) is 0 Å². The summed E-state index contributed by atoms with van der Waals surface area (Å²) in [5.74, 6) is 0.104. The predicted molar refractivity (Wildman–Crippen MR) is 53.7 cm³/mol. The molecule has 0 aromatic heterocycles. The molecule has 15 heavy (non-hydrogen) atoms. The van der Waals surface area contributed by atoms with Gasteiger partial charge in [0.2, 0.25) is 0 Å². The van der Waals surface area contributed by atoms with E-state index in [1.54, 1.807) is 0 Å².